The lowest BCUT2D eigenvalue weighted by Gasteiger charge is -2.31. The molecule has 1 atom stereocenters. The molecule has 1 aromatic carbocycles. The van der Waals surface area contributed by atoms with E-state index in [1.54, 1.807) is 0 Å². The molecule has 2 rings (SSSR count). The monoisotopic (exact) mass is 261 g/mol. The van der Waals surface area contributed by atoms with E-state index in [1.165, 1.54) is 17.3 Å². The maximum atomic E-state index is 12.2. The molecule has 0 N–H and O–H groups in total. The molecule has 1 aromatic rings. The predicted molar refractivity (Wildman–Crippen MR) is 76.9 cm³/mol. The molecule has 1 aliphatic carbocycles. The van der Waals surface area contributed by atoms with Gasteiger partial charge in [0.1, 0.15) is 0 Å². The Bertz CT molecular complexity index is 429. The fraction of sp³-hybridized carbons (Fsp3) is 0.400. The van der Waals surface area contributed by atoms with E-state index < -0.39 is 0 Å². The summed E-state index contributed by atoms with van der Waals surface area (Å²) in [5, 5.41) is 0.126. The van der Waals surface area contributed by atoms with Crippen molar-refractivity contribution >= 4 is 17.0 Å². The van der Waals surface area contributed by atoms with Gasteiger partial charge in [-0.25, -0.2) is 0 Å². The van der Waals surface area contributed by atoms with Gasteiger partial charge < -0.3 is 4.90 Å². The number of carbonyl (C=O) groups excluding carboxylic acids is 1. The molecule has 1 amide bonds. The Balaban J connectivity index is 1.94. The van der Waals surface area contributed by atoms with Crippen LogP contribution in [0.1, 0.15) is 25.7 Å². The molecule has 96 valence electrons. The maximum absolute atomic E-state index is 12.2. The van der Waals surface area contributed by atoms with Crippen LogP contribution in [0.25, 0.3) is 0 Å². The first-order chi connectivity index (χ1) is 8.66. The number of nitrogens with zero attached hydrogens (tertiary/aromatic N) is 1. The van der Waals surface area contributed by atoms with Gasteiger partial charge in [0.05, 0.1) is 0 Å². The second kappa shape index (κ2) is 6.10. The highest BCUT2D eigenvalue weighted by Gasteiger charge is 2.23. The minimum absolute atomic E-state index is 0.126. The smallest absolute Gasteiger partial charge is 0.286 e. The van der Waals surface area contributed by atoms with Crippen molar-refractivity contribution in [2.45, 2.75) is 36.6 Å². The molecular weight excluding hydrogens is 242 g/mol. The van der Waals surface area contributed by atoms with Crippen LogP contribution in [-0.4, -0.2) is 23.2 Å². The van der Waals surface area contributed by atoms with E-state index in [0.29, 0.717) is 6.04 Å². The quantitative estimate of drug-likeness (QED) is 0.583. The van der Waals surface area contributed by atoms with E-state index in [-0.39, 0.29) is 5.24 Å². The van der Waals surface area contributed by atoms with E-state index >= 15 is 0 Å². The Kier molecular flexibility index (Phi) is 4.48. The molecule has 0 heterocycles. The standard InChI is InChI=1S/C15H19NOS/c1-12-7-6-8-13(11-12)16(2)15(17)18-14-9-4-3-5-10-14/h3-5,9-10,13H,1,6-8,11H2,2H3. The average Bonchev–Trinajstić information content (AvgIpc) is 2.39. The zero-order valence-electron chi connectivity index (χ0n) is 10.8. The molecule has 1 unspecified atom stereocenters. The molecule has 0 radical (unpaired) electrons. The van der Waals surface area contributed by atoms with Crippen molar-refractivity contribution in [1.82, 2.24) is 4.90 Å². The van der Waals surface area contributed by atoms with Gasteiger partial charge in [-0.15, -0.1) is 0 Å². The number of amides is 1. The molecule has 0 saturated heterocycles. The highest BCUT2D eigenvalue weighted by atomic mass is 32.2. The van der Waals surface area contributed by atoms with Crippen LogP contribution >= 0.6 is 11.8 Å². The fourth-order valence-electron chi connectivity index (χ4n) is 2.27. The van der Waals surface area contributed by atoms with Crippen LogP contribution < -0.4 is 0 Å². The second-order valence-electron chi connectivity index (χ2n) is 4.79. The third kappa shape index (κ3) is 3.39. The number of benzene rings is 1. The van der Waals surface area contributed by atoms with E-state index in [9.17, 15) is 4.79 Å². The number of thioether (sulfide) groups is 1. The van der Waals surface area contributed by atoms with Crippen molar-refractivity contribution in [2.75, 3.05) is 7.05 Å². The summed E-state index contributed by atoms with van der Waals surface area (Å²) in [5.41, 5.74) is 1.27. The zero-order valence-corrected chi connectivity index (χ0v) is 11.6. The van der Waals surface area contributed by atoms with Crippen molar-refractivity contribution in [3.05, 3.63) is 42.5 Å². The minimum atomic E-state index is 0.126. The van der Waals surface area contributed by atoms with Gasteiger partial charge in [-0.05, 0) is 49.6 Å². The summed E-state index contributed by atoms with van der Waals surface area (Å²) in [7, 11) is 1.90. The molecule has 1 saturated carbocycles. The molecule has 0 aliphatic heterocycles. The van der Waals surface area contributed by atoms with Gasteiger partial charge in [-0.1, -0.05) is 30.4 Å². The van der Waals surface area contributed by atoms with E-state index in [4.69, 9.17) is 0 Å². The third-order valence-corrected chi connectivity index (χ3v) is 4.35. The highest BCUT2D eigenvalue weighted by molar-refractivity contribution is 8.13. The number of carbonyl (C=O) groups is 1. The molecule has 0 spiro atoms. The normalized spacial score (nSPS) is 19.6. The van der Waals surface area contributed by atoms with E-state index in [1.807, 2.05) is 42.3 Å². The molecular formula is C15H19NOS. The maximum Gasteiger partial charge on any atom is 0.286 e. The molecule has 2 nitrogen and oxygen atoms in total. The summed E-state index contributed by atoms with van der Waals surface area (Å²) in [4.78, 5) is 15.1. The number of rotatable bonds is 2. The topological polar surface area (TPSA) is 20.3 Å². The summed E-state index contributed by atoms with van der Waals surface area (Å²) >= 11 is 1.30. The molecule has 0 aromatic heterocycles. The van der Waals surface area contributed by atoms with Crippen LogP contribution in [0.5, 0.6) is 0 Å². The predicted octanol–water partition coefficient (Wildman–Crippen LogP) is 4.33. The third-order valence-electron chi connectivity index (χ3n) is 3.38. The lowest BCUT2D eigenvalue weighted by molar-refractivity contribution is 0.205. The summed E-state index contributed by atoms with van der Waals surface area (Å²) < 4.78 is 0. The fourth-order valence-corrected chi connectivity index (χ4v) is 3.05. The molecule has 3 heteroatoms. The van der Waals surface area contributed by atoms with Crippen LogP contribution in [-0.2, 0) is 0 Å². The second-order valence-corrected chi connectivity index (χ2v) is 5.82. The zero-order chi connectivity index (χ0) is 13.0. The number of hydrogen-bond acceptors (Lipinski definition) is 2. The van der Waals surface area contributed by atoms with Gasteiger partial charge in [-0.2, -0.15) is 0 Å². The van der Waals surface area contributed by atoms with E-state index in [2.05, 4.69) is 6.58 Å². The van der Waals surface area contributed by atoms with Crippen molar-refractivity contribution in [3.63, 3.8) is 0 Å². The van der Waals surface area contributed by atoms with Gasteiger partial charge in [0.25, 0.3) is 5.24 Å². The Labute approximate surface area is 113 Å². The SMILES string of the molecule is C=C1CCCC(N(C)C(=O)Sc2ccccc2)C1. The van der Waals surface area contributed by atoms with Crippen molar-refractivity contribution in [1.29, 1.82) is 0 Å². The summed E-state index contributed by atoms with van der Waals surface area (Å²) in [6.07, 6.45) is 4.32. The molecule has 18 heavy (non-hydrogen) atoms. The molecule has 0 bridgehead atoms. The average molecular weight is 261 g/mol. The van der Waals surface area contributed by atoms with E-state index in [0.717, 1.165) is 30.6 Å². The van der Waals surface area contributed by atoms with Crippen molar-refractivity contribution in [2.24, 2.45) is 0 Å². The summed E-state index contributed by atoms with van der Waals surface area (Å²) in [6.45, 7) is 4.05. The summed E-state index contributed by atoms with van der Waals surface area (Å²) in [6, 6.07) is 10.1. The lowest BCUT2D eigenvalue weighted by Crippen LogP contribution is -2.36. The molecule has 1 aliphatic rings. The van der Waals surface area contributed by atoms with Crippen LogP contribution in [0.4, 0.5) is 4.79 Å². The van der Waals surface area contributed by atoms with Crippen molar-refractivity contribution in [3.8, 4) is 0 Å². The Morgan fingerprint density at radius 3 is 2.78 bits per heavy atom. The van der Waals surface area contributed by atoms with Crippen LogP contribution in [0.15, 0.2) is 47.4 Å². The van der Waals surface area contributed by atoms with Crippen LogP contribution in [0, 0.1) is 0 Å². The van der Waals surface area contributed by atoms with Crippen molar-refractivity contribution < 1.29 is 4.79 Å². The van der Waals surface area contributed by atoms with Gasteiger partial charge in [0, 0.05) is 18.0 Å². The first kappa shape index (κ1) is 13.2. The van der Waals surface area contributed by atoms with Gasteiger partial charge in [-0.3, -0.25) is 4.79 Å². The minimum Gasteiger partial charge on any atom is -0.333 e. The Morgan fingerprint density at radius 1 is 1.39 bits per heavy atom. The first-order valence-corrected chi connectivity index (χ1v) is 7.15. The number of hydrogen-bond donors (Lipinski definition) is 0. The highest BCUT2D eigenvalue weighted by Crippen LogP contribution is 2.28. The lowest BCUT2D eigenvalue weighted by atomic mass is 9.91. The van der Waals surface area contributed by atoms with Crippen LogP contribution in [0.3, 0.4) is 0 Å². The largest absolute Gasteiger partial charge is 0.333 e. The Hall–Kier alpha value is -1.22. The van der Waals surface area contributed by atoms with Crippen LogP contribution in [0.2, 0.25) is 0 Å². The van der Waals surface area contributed by atoms with Gasteiger partial charge in [0.2, 0.25) is 0 Å². The van der Waals surface area contributed by atoms with Gasteiger partial charge >= 0.3 is 0 Å². The van der Waals surface area contributed by atoms with Gasteiger partial charge in [0.15, 0.2) is 0 Å². The molecule has 1 fully saturated rings. The first-order valence-electron chi connectivity index (χ1n) is 6.33. The summed E-state index contributed by atoms with van der Waals surface area (Å²) in [5.74, 6) is 0. The Morgan fingerprint density at radius 2 is 2.11 bits per heavy atom.